The van der Waals surface area contributed by atoms with Crippen LogP contribution in [0.4, 0.5) is 5.69 Å². The van der Waals surface area contributed by atoms with Crippen LogP contribution in [0.15, 0.2) is 70.0 Å². The summed E-state index contributed by atoms with van der Waals surface area (Å²) in [7, 11) is -4.91. The van der Waals surface area contributed by atoms with Crippen molar-refractivity contribution >= 4 is 50.5 Å². The van der Waals surface area contributed by atoms with Crippen molar-refractivity contribution < 1.29 is 51.6 Å². The molecule has 2 aliphatic rings. The zero-order valence-electron chi connectivity index (χ0n) is 27.5. The second-order valence-corrected chi connectivity index (χ2v) is 13.1. The van der Waals surface area contributed by atoms with Crippen LogP contribution in [-0.2, 0) is 15.0 Å². The number of hydrogen-bond donors (Lipinski definition) is 8. The molecular formula is C35H33N5O11S. The summed E-state index contributed by atoms with van der Waals surface area (Å²) >= 11 is 0. The molecule has 0 aromatic heterocycles. The Bertz CT molecular complexity index is 2410. The normalized spacial score (nSPS) is 11.4. The summed E-state index contributed by atoms with van der Waals surface area (Å²) in [5.41, 5.74) is 6.00. The predicted octanol–water partition coefficient (Wildman–Crippen LogP) is 3.59. The number of benzene rings is 4. The summed E-state index contributed by atoms with van der Waals surface area (Å²) in [5.74, 6) is 1.09. The Hall–Kier alpha value is -6.30. The van der Waals surface area contributed by atoms with Gasteiger partial charge in [0.2, 0.25) is 0 Å². The van der Waals surface area contributed by atoms with Gasteiger partial charge in [-0.05, 0) is 86.3 Å². The van der Waals surface area contributed by atoms with E-state index in [4.69, 9.17) is 21.5 Å². The molecule has 1 aliphatic heterocycles. The van der Waals surface area contributed by atoms with Gasteiger partial charge >= 0.3 is 11.9 Å². The number of anilines is 1. The molecule has 0 radical (unpaired) electrons. The van der Waals surface area contributed by atoms with Crippen LogP contribution in [0.5, 0.6) is 5.75 Å². The smallest absolute Gasteiger partial charge is 0.360 e. The monoisotopic (exact) mass is 731 g/mol. The van der Waals surface area contributed by atoms with Crippen molar-refractivity contribution in [1.29, 1.82) is 5.41 Å². The summed E-state index contributed by atoms with van der Waals surface area (Å²) in [5, 5.41) is 34.1. The molecule has 3 aromatic carbocycles. The Morgan fingerprint density at radius 2 is 1.48 bits per heavy atom. The van der Waals surface area contributed by atoms with Crippen LogP contribution in [0.2, 0.25) is 0 Å². The van der Waals surface area contributed by atoms with Crippen LogP contribution < -0.4 is 27.6 Å². The van der Waals surface area contributed by atoms with Crippen LogP contribution in [0.1, 0.15) is 66.3 Å². The van der Waals surface area contributed by atoms with Gasteiger partial charge in [0.05, 0.1) is 16.6 Å². The van der Waals surface area contributed by atoms with E-state index in [-0.39, 0.29) is 67.7 Å². The number of carbonyl (C=O) groups excluding carboxylic acids is 3. The molecule has 0 saturated carbocycles. The number of hydrogen-bond acceptors (Lipinski definition) is 12. The van der Waals surface area contributed by atoms with Crippen LogP contribution in [0.3, 0.4) is 0 Å². The number of nitrogens with one attached hydrogen (secondary N) is 3. The lowest BCUT2D eigenvalue weighted by atomic mass is 9.88. The van der Waals surface area contributed by atoms with Crippen molar-refractivity contribution in [3.05, 3.63) is 93.8 Å². The van der Waals surface area contributed by atoms with Crippen molar-refractivity contribution in [3.8, 4) is 28.2 Å². The number of aromatic carboxylic acids is 1. The highest BCUT2D eigenvalue weighted by molar-refractivity contribution is 7.86. The maximum absolute atomic E-state index is 13.1. The predicted molar refractivity (Wildman–Crippen MR) is 186 cm³/mol. The van der Waals surface area contributed by atoms with Gasteiger partial charge in [-0.2, -0.15) is 14.3 Å². The number of unbranched alkanes of at least 4 members (excludes halogenated alkanes) is 2. The molecule has 2 amide bonds. The third-order valence-corrected chi connectivity index (χ3v) is 9.28. The zero-order chi connectivity index (χ0) is 37.9. The average molecular weight is 732 g/mol. The number of phenolic OH excluding ortho intramolecular Hbond substituents is 1. The first kappa shape index (κ1) is 37.0. The van der Waals surface area contributed by atoms with E-state index in [0.717, 1.165) is 6.07 Å². The van der Waals surface area contributed by atoms with E-state index in [1.165, 1.54) is 54.6 Å². The molecule has 270 valence electrons. The molecule has 0 saturated heterocycles. The largest absolute Gasteiger partial charge is 0.507 e. The number of phenols is 1. The van der Waals surface area contributed by atoms with E-state index in [9.17, 15) is 42.4 Å². The molecule has 0 unspecified atom stereocenters. The fraction of sp³-hybridized carbons (Fsp3) is 0.171. The van der Waals surface area contributed by atoms with Gasteiger partial charge in [-0.15, -0.1) is 0 Å². The number of nitrogen functional groups attached to an aromatic ring is 1. The lowest BCUT2D eigenvalue weighted by molar-refractivity contribution is 0.0499. The molecule has 16 nitrogen and oxygen atoms in total. The zero-order valence-corrected chi connectivity index (χ0v) is 28.3. The Kier molecular flexibility index (Phi) is 10.6. The summed E-state index contributed by atoms with van der Waals surface area (Å²) in [6, 6.07) is 13.4. The Labute approximate surface area is 295 Å². The molecular weight excluding hydrogens is 698 g/mol. The number of amides is 2. The molecule has 10 N–H and O–H groups in total. The van der Waals surface area contributed by atoms with Crippen LogP contribution in [0.25, 0.3) is 33.4 Å². The average Bonchev–Trinajstić information content (AvgIpc) is 3.10. The highest BCUT2D eigenvalue weighted by Gasteiger charge is 2.28. The number of rotatable bonds is 12. The number of carboxylic acid groups (broad SMARTS) is 1. The van der Waals surface area contributed by atoms with E-state index in [2.05, 4.69) is 15.5 Å². The van der Waals surface area contributed by atoms with Gasteiger partial charge < -0.3 is 41.2 Å². The molecule has 1 aliphatic carbocycles. The van der Waals surface area contributed by atoms with Crippen molar-refractivity contribution in [1.82, 2.24) is 10.6 Å². The third-order valence-electron chi connectivity index (χ3n) is 8.34. The van der Waals surface area contributed by atoms with Crippen molar-refractivity contribution in [2.45, 2.75) is 31.1 Å². The van der Waals surface area contributed by atoms with Gasteiger partial charge in [0.15, 0.2) is 10.5 Å². The maximum Gasteiger partial charge on any atom is 0.360 e. The van der Waals surface area contributed by atoms with Crippen molar-refractivity contribution in [2.24, 2.45) is 5.90 Å². The van der Waals surface area contributed by atoms with E-state index in [1.807, 2.05) is 0 Å². The molecule has 17 heteroatoms. The molecule has 0 spiro atoms. The van der Waals surface area contributed by atoms with Crippen molar-refractivity contribution in [2.75, 3.05) is 18.8 Å². The van der Waals surface area contributed by atoms with Crippen molar-refractivity contribution in [3.63, 3.8) is 0 Å². The number of nitrogens with two attached hydrogens (primary N) is 2. The van der Waals surface area contributed by atoms with E-state index < -0.39 is 44.5 Å². The van der Waals surface area contributed by atoms with Gasteiger partial charge in [0.25, 0.3) is 21.9 Å². The van der Waals surface area contributed by atoms with Gasteiger partial charge in [0.1, 0.15) is 17.1 Å². The number of carbonyl (C=O) groups is 4. The topological polar surface area (TPSA) is 285 Å². The third kappa shape index (κ3) is 7.41. The minimum atomic E-state index is -4.91. The lowest BCUT2D eigenvalue weighted by Crippen LogP contribution is -2.26. The second kappa shape index (κ2) is 14.9. The molecule has 0 fully saturated rings. The maximum atomic E-state index is 13.1. The van der Waals surface area contributed by atoms with Crippen LogP contribution in [0, 0.1) is 12.3 Å². The summed E-state index contributed by atoms with van der Waals surface area (Å²) < 4.78 is 40.7. The van der Waals surface area contributed by atoms with E-state index in [0.29, 0.717) is 36.9 Å². The van der Waals surface area contributed by atoms with E-state index in [1.54, 1.807) is 6.92 Å². The number of fused-ring (bicyclic) bond motifs is 2. The molecule has 52 heavy (non-hydrogen) atoms. The van der Waals surface area contributed by atoms with Gasteiger partial charge in [0, 0.05) is 46.3 Å². The summed E-state index contributed by atoms with van der Waals surface area (Å²) in [6.45, 7) is 2.11. The molecule has 0 bridgehead atoms. The fourth-order valence-electron chi connectivity index (χ4n) is 5.72. The minimum Gasteiger partial charge on any atom is -0.507 e. The minimum absolute atomic E-state index is 0.0455. The van der Waals surface area contributed by atoms with Crippen LogP contribution >= 0.6 is 0 Å². The van der Waals surface area contributed by atoms with E-state index >= 15 is 0 Å². The molecule has 1 heterocycles. The Morgan fingerprint density at radius 3 is 2.08 bits per heavy atom. The Balaban J connectivity index is 1.31. The highest BCUT2D eigenvalue weighted by Crippen LogP contribution is 2.45. The molecule has 0 atom stereocenters. The SMILES string of the molecule is Cc1c2oc3c(S(=O)(=O)O)c(N)ccc3c(-c3ccc(C(=O)NCCCCCNC(=O)c4ccc(C(=O)ON)c(O)c4)cc3C(=O)O)c-2ccc1=N. The first-order valence-corrected chi connectivity index (χ1v) is 17.1. The summed E-state index contributed by atoms with van der Waals surface area (Å²) in [4.78, 5) is 52.9. The lowest BCUT2D eigenvalue weighted by Gasteiger charge is -2.20. The number of carboxylic acids is 1. The molecule has 3 aromatic rings. The summed E-state index contributed by atoms with van der Waals surface area (Å²) in [6.07, 6.45) is 1.70. The van der Waals surface area contributed by atoms with Crippen LogP contribution in [-0.4, -0.2) is 60.0 Å². The highest BCUT2D eigenvalue weighted by atomic mass is 32.2. The first-order valence-electron chi connectivity index (χ1n) is 15.6. The number of aromatic hydroxyl groups is 1. The standard InChI is InChI=1S/C35H33N5O11S/c1-17-25(36)11-9-22-28(23-10-12-26(37)31(52(47,48)49)30(23)50-29(17)22)20-7-5-18(15-24(20)34(44)45)32(42)39-13-3-2-4-14-40-33(43)19-6-8-21(27(41)16-19)35(46)51-38/h5-12,15-16,36,41H,2-4,13-14,37-38H2,1H3,(H,39,42)(H,40,43)(H,44,45)(H,47,48,49). The quantitative estimate of drug-likeness (QED) is 0.0300. The Morgan fingerprint density at radius 1 is 0.865 bits per heavy atom. The first-order chi connectivity index (χ1) is 24.6. The fourth-order valence-corrected chi connectivity index (χ4v) is 6.48. The second-order valence-electron chi connectivity index (χ2n) is 11.7. The van der Waals surface area contributed by atoms with Gasteiger partial charge in [-0.25, -0.2) is 9.59 Å². The molecule has 5 rings (SSSR count). The van der Waals surface area contributed by atoms with Gasteiger partial charge in [-0.1, -0.05) is 6.07 Å². The van der Waals surface area contributed by atoms with Gasteiger partial charge in [-0.3, -0.25) is 14.1 Å².